The number of nitrogens with zero attached hydrogens (tertiary/aromatic N) is 3. The Labute approximate surface area is 230 Å². The number of H-pyrrole nitrogens is 1. The molecule has 1 aliphatic heterocycles. The monoisotopic (exact) mass is 606 g/mol. The summed E-state index contributed by atoms with van der Waals surface area (Å²) in [5, 5.41) is 25.6. The molecule has 5 N–H and O–H groups in total. The zero-order valence-corrected chi connectivity index (χ0v) is 21.9. The number of aliphatic carboxylic acids is 1. The second kappa shape index (κ2) is 11.0. The lowest BCUT2D eigenvalue weighted by Crippen LogP contribution is -2.22. The lowest BCUT2D eigenvalue weighted by molar-refractivity contribution is -0.253. The molecule has 0 atom stereocenters. The summed E-state index contributed by atoms with van der Waals surface area (Å²) in [6.45, 7) is -0.490. The predicted molar refractivity (Wildman–Crippen MR) is 140 cm³/mol. The maximum Gasteiger partial charge on any atom is 0.357 e. The summed E-state index contributed by atoms with van der Waals surface area (Å²) < 4.78 is 64.3. The number of rotatable bonds is 9. The third-order valence-electron chi connectivity index (χ3n) is 5.59. The molecule has 16 nitrogen and oxygen atoms in total. The van der Waals surface area contributed by atoms with Crippen molar-refractivity contribution in [2.75, 3.05) is 5.01 Å². The van der Waals surface area contributed by atoms with Gasteiger partial charge in [-0.3, -0.25) is 29.1 Å². The Morgan fingerprint density at radius 3 is 1.95 bits per heavy atom. The van der Waals surface area contributed by atoms with Crippen LogP contribution in [0.1, 0.15) is 11.3 Å². The van der Waals surface area contributed by atoms with Crippen molar-refractivity contribution in [1.82, 2.24) is 9.78 Å². The van der Waals surface area contributed by atoms with Crippen LogP contribution in [0.25, 0.3) is 11.8 Å². The largest absolute Gasteiger partial charge is 0.476 e. The Morgan fingerprint density at radius 1 is 0.927 bits per heavy atom. The van der Waals surface area contributed by atoms with Crippen LogP contribution in [0.2, 0.25) is 0 Å². The molecule has 2 aromatic carbocycles. The first kappa shape index (κ1) is 29.3. The molecule has 0 unspecified atom stereocenters. The van der Waals surface area contributed by atoms with Gasteiger partial charge in [-0.1, -0.05) is 6.08 Å². The number of carboxylic acids is 1. The van der Waals surface area contributed by atoms with E-state index in [1.54, 1.807) is 0 Å². The third kappa shape index (κ3) is 6.06. The molecule has 0 bridgehead atoms. The highest BCUT2D eigenvalue weighted by Crippen LogP contribution is 2.25. The van der Waals surface area contributed by atoms with Crippen molar-refractivity contribution in [2.24, 2.45) is 5.10 Å². The number of allylic oxidation sites excluding steroid dienone is 2. The summed E-state index contributed by atoms with van der Waals surface area (Å²) in [6.07, 6.45) is 3.44. The van der Waals surface area contributed by atoms with Gasteiger partial charge in [-0.2, -0.15) is 26.9 Å². The van der Waals surface area contributed by atoms with Crippen LogP contribution in [0.5, 0.6) is 0 Å². The zero-order valence-electron chi connectivity index (χ0n) is 20.3. The van der Waals surface area contributed by atoms with Crippen LogP contribution < -0.4 is 10.6 Å². The average Bonchev–Trinajstić information content (AvgIpc) is 3.40. The average molecular weight is 607 g/mol. The number of anilines is 1. The van der Waals surface area contributed by atoms with E-state index >= 15 is 0 Å². The SMILES string of the molecule is O=C(O)C1=NN(c2ccc(S(=O)(=O)O)cc2)C(=O)/C1=C/C=C/c1c(COO)[nH]n(-c2ccc(S(=O)(=O)O)cc2)c1=O. The first-order valence-corrected chi connectivity index (χ1v) is 13.9. The number of carbonyl (C=O) groups excluding carboxylic acids is 1. The van der Waals surface area contributed by atoms with E-state index in [4.69, 9.17) is 14.4 Å². The molecule has 0 aliphatic carbocycles. The molecule has 3 aromatic rings. The van der Waals surface area contributed by atoms with Gasteiger partial charge in [0.25, 0.3) is 31.7 Å². The van der Waals surface area contributed by atoms with E-state index in [2.05, 4.69) is 15.1 Å². The molecule has 0 saturated carbocycles. The molecule has 4 rings (SSSR count). The Morgan fingerprint density at radius 2 is 1.46 bits per heavy atom. The zero-order chi connectivity index (χ0) is 30.1. The minimum atomic E-state index is -4.51. The number of nitrogens with one attached hydrogen (secondary N) is 1. The number of carboxylic acid groups (broad SMARTS) is 1. The first-order valence-electron chi connectivity index (χ1n) is 11.0. The molecule has 41 heavy (non-hydrogen) atoms. The van der Waals surface area contributed by atoms with Gasteiger partial charge >= 0.3 is 5.97 Å². The van der Waals surface area contributed by atoms with Crippen LogP contribution in [0, 0.1) is 0 Å². The number of benzene rings is 2. The van der Waals surface area contributed by atoms with Crippen LogP contribution in [0.15, 0.2) is 85.9 Å². The van der Waals surface area contributed by atoms with Crippen molar-refractivity contribution >= 4 is 49.6 Å². The van der Waals surface area contributed by atoms with Gasteiger partial charge in [0.2, 0.25) is 0 Å². The highest BCUT2D eigenvalue weighted by atomic mass is 32.2. The predicted octanol–water partition coefficient (Wildman–Crippen LogP) is 1.08. The van der Waals surface area contributed by atoms with Crippen molar-refractivity contribution in [1.29, 1.82) is 0 Å². The fourth-order valence-corrected chi connectivity index (χ4v) is 4.65. The van der Waals surface area contributed by atoms with E-state index in [-0.39, 0.29) is 28.2 Å². The van der Waals surface area contributed by atoms with Crippen LogP contribution in [-0.4, -0.2) is 63.7 Å². The quantitative estimate of drug-likeness (QED) is 0.0994. The van der Waals surface area contributed by atoms with Crippen LogP contribution in [0.3, 0.4) is 0 Å². The molecule has 1 aliphatic rings. The van der Waals surface area contributed by atoms with Gasteiger partial charge in [-0.15, -0.1) is 0 Å². The second-order valence-electron chi connectivity index (χ2n) is 8.17. The van der Waals surface area contributed by atoms with E-state index in [1.165, 1.54) is 24.3 Å². The van der Waals surface area contributed by atoms with Crippen molar-refractivity contribution in [2.45, 2.75) is 16.4 Å². The van der Waals surface area contributed by atoms with Gasteiger partial charge in [0.15, 0.2) is 5.71 Å². The highest BCUT2D eigenvalue weighted by Gasteiger charge is 2.35. The maximum atomic E-state index is 13.0. The smallest absolute Gasteiger partial charge is 0.357 e. The topological polar surface area (TPSA) is 246 Å². The van der Waals surface area contributed by atoms with Gasteiger partial charge in [0, 0.05) is 0 Å². The molecule has 0 saturated heterocycles. The fourth-order valence-electron chi connectivity index (χ4n) is 3.69. The first-order chi connectivity index (χ1) is 19.2. The summed E-state index contributed by atoms with van der Waals surface area (Å²) >= 11 is 0. The van der Waals surface area contributed by atoms with E-state index in [0.29, 0.717) is 5.01 Å². The minimum absolute atomic E-state index is 0.00412. The highest BCUT2D eigenvalue weighted by molar-refractivity contribution is 7.86. The number of aromatic amines is 1. The number of carbonyl (C=O) groups is 2. The normalized spacial score (nSPS) is 15.2. The molecule has 1 aromatic heterocycles. The maximum absolute atomic E-state index is 13.0. The van der Waals surface area contributed by atoms with Crippen molar-refractivity contribution in [3.8, 4) is 5.69 Å². The van der Waals surface area contributed by atoms with Crippen molar-refractivity contribution in [3.63, 3.8) is 0 Å². The fraction of sp³-hybridized carbons (Fsp3) is 0.0435. The summed E-state index contributed by atoms with van der Waals surface area (Å²) in [4.78, 5) is 41.0. The van der Waals surface area contributed by atoms with Gasteiger partial charge in [0.1, 0.15) is 6.61 Å². The summed E-state index contributed by atoms with van der Waals surface area (Å²) in [5.41, 5.74) is -1.60. The molecule has 0 radical (unpaired) electrons. The lowest BCUT2D eigenvalue weighted by Gasteiger charge is -2.11. The van der Waals surface area contributed by atoms with Gasteiger partial charge in [-0.25, -0.2) is 14.4 Å². The third-order valence-corrected chi connectivity index (χ3v) is 7.33. The molecular formula is C23H18N4O12S2. The van der Waals surface area contributed by atoms with Crippen LogP contribution in [-0.2, 0) is 41.3 Å². The summed E-state index contributed by atoms with van der Waals surface area (Å²) in [5.74, 6) is -2.45. The number of hydrogen-bond donors (Lipinski definition) is 5. The molecule has 0 spiro atoms. The number of amides is 1. The van der Waals surface area contributed by atoms with E-state index in [0.717, 1.165) is 47.2 Å². The molecule has 1 amide bonds. The van der Waals surface area contributed by atoms with E-state index in [9.17, 15) is 36.3 Å². The van der Waals surface area contributed by atoms with E-state index in [1.807, 2.05) is 0 Å². The Kier molecular flexibility index (Phi) is 7.88. The van der Waals surface area contributed by atoms with Crippen molar-refractivity contribution < 1.29 is 50.8 Å². The van der Waals surface area contributed by atoms with Gasteiger partial charge < -0.3 is 5.11 Å². The molecule has 214 valence electrons. The van der Waals surface area contributed by atoms with Gasteiger partial charge in [-0.05, 0) is 60.7 Å². The number of aromatic nitrogens is 2. The summed E-state index contributed by atoms with van der Waals surface area (Å²) in [6, 6.07) is 8.82. The molecule has 18 heteroatoms. The van der Waals surface area contributed by atoms with Crippen LogP contribution in [0.4, 0.5) is 5.69 Å². The Balaban J connectivity index is 1.67. The number of hydrogen-bond acceptors (Lipinski definition) is 10. The molecule has 2 heterocycles. The molecular weight excluding hydrogens is 588 g/mol. The van der Waals surface area contributed by atoms with Gasteiger partial charge in [0.05, 0.1) is 38.0 Å². The minimum Gasteiger partial charge on any atom is -0.476 e. The second-order valence-corrected chi connectivity index (χ2v) is 11.0. The van der Waals surface area contributed by atoms with E-state index < -0.39 is 59.8 Å². The lowest BCUT2D eigenvalue weighted by atomic mass is 10.1. The standard InChI is InChI=1S/C23H18N4O12S2/c28-21-17(19(12-39-32)24-26(21)13-4-8-15(9-5-13)40(33,34)35)2-1-3-18-20(23(30)31)25-27(22(18)29)14-6-10-16(11-7-14)41(36,37)38/h1-11,24,32H,12H2,(H,30,31)(H,33,34,35)(H,36,37,38)/b2-1+,18-3+. The number of hydrazone groups is 1. The summed E-state index contributed by atoms with van der Waals surface area (Å²) in [7, 11) is -8.98. The Hall–Kier alpha value is -4.72. The molecule has 0 fully saturated rings. The Bertz CT molecular complexity index is 1900. The van der Waals surface area contributed by atoms with Crippen LogP contribution >= 0.6 is 0 Å². The van der Waals surface area contributed by atoms with Crippen molar-refractivity contribution in [3.05, 3.63) is 87.9 Å².